The monoisotopic (exact) mass is 449 g/mol. The van der Waals surface area contributed by atoms with E-state index in [0.29, 0.717) is 13.2 Å². The summed E-state index contributed by atoms with van der Waals surface area (Å²) in [6, 6.07) is 10.00. The Bertz CT molecular complexity index is 562. The van der Waals surface area contributed by atoms with Crippen molar-refractivity contribution in [2.75, 3.05) is 57.9 Å². The van der Waals surface area contributed by atoms with E-state index in [9.17, 15) is 4.79 Å². The molecule has 2 aliphatic rings. The van der Waals surface area contributed by atoms with Crippen molar-refractivity contribution in [2.24, 2.45) is 5.41 Å². The molecule has 8 heteroatoms. The maximum atomic E-state index is 13.2. The van der Waals surface area contributed by atoms with Crippen molar-refractivity contribution < 1.29 is 9.53 Å². The molecule has 0 spiro atoms. The third-order valence-corrected chi connectivity index (χ3v) is 6.47. The number of thioether (sulfide) groups is 1. The number of benzene rings is 1. The largest absolute Gasteiger partial charge is 0.384 e. The average molecular weight is 450 g/mol. The summed E-state index contributed by atoms with van der Waals surface area (Å²) in [5, 5.41) is 6.69. The lowest BCUT2D eigenvalue weighted by Gasteiger charge is -2.38. The number of halogens is 2. The lowest BCUT2D eigenvalue weighted by molar-refractivity contribution is -0.127. The highest BCUT2D eigenvalue weighted by Gasteiger charge is 2.35. The van der Waals surface area contributed by atoms with E-state index in [2.05, 4.69) is 27.7 Å². The normalized spacial score (nSPS) is 20.3. The van der Waals surface area contributed by atoms with Gasteiger partial charge in [0.2, 0.25) is 5.91 Å². The first-order valence-corrected chi connectivity index (χ1v) is 10.7. The smallest absolute Gasteiger partial charge is 0.241 e. The Labute approximate surface area is 185 Å². The fourth-order valence-corrected chi connectivity index (χ4v) is 4.94. The summed E-state index contributed by atoms with van der Waals surface area (Å²) >= 11 is 1.97. The van der Waals surface area contributed by atoms with Gasteiger partial charge in [-0.05, 0) is 31.5 Å². The molecule has 2 fully saturated rings. The first-order valence-electron chi connectivity index (χ1n) is 9.58. The second-order valence-corrected chi connectivity index (χ2v) is 8.59. The first kappa shape index (κ1) is 25.5. The fraction of sp³-hybridized carbons (Fsp3) is 0.650. The molecule has 1 unspecified atom stereocenters. The first-order chi connectivity index (χ1) is 12.7. The molecule has 1 aromatic carbocycles. The van der Waals surface area contributed by atoms with Crippen LogP contribution in [0, 0.1) is 5.41 Å². The van der Waals surface area contributed by atoms with Gasteiger partial charge in [0.15, 0.2) is 0 Å². The highest BCUT2D eigenvalue weighted by atomic mass is 35.5. The maximum Gasteiger partial charge on any atom is 0.241 e. The van der Waals surface area contributed by atoms with Crippen LogP contribution >= 0.6 is 36.6 Å². The van der Waals surface area contributed by atoms with Crippen LogP contribution in [-0.2, 0) is 9.53 Å². The molecule has 0 aliphatic carbocycles. The summed E-state index contributed by atoms with van der Waals surface area (Å²) in [7, 11) is 1.75. The topological polar surface area (TPSA) is 53.6 Å². The van der Waals surface area contributed by atoms with Crippen LogP contribution in [0.3, 0.4) is 0 Å². The predicted octanol–water partition coefficient (Wildman–Crippen LogP) is 2.75. The lowest BCUT2D eigenvalue weighted by Crippen LogP contribution is -2.50. The summed E-state index contributed by atoms with van der Waals surface area (Å²) in [6.07, 6.45) is 2.08. The van der Waals surface area contributed by atoms with Gasteiger partial charge in [-0.15, -0.1) is 24.8 Å². The number of nitrogens with one attached hydrogen (secondary N) is 2. The van der Waals surface area contributed by atoms with E-state index in [0.717, 1.165) is 56.1 Å². The molecule has 0 bridgehead atoms. The number of piperidine rings is 1. The summed E-state index contributed by atoms with van der Waals surface area (Å²) in [6.45, 7) is 5.30. The SMILES string of the molecule is COCC1(CNC(=O)C(c2ccccc2)N2CCSCC2)CCNCC1.Cl.Cl. The van der Waals surface area contributed by atoms with Gasteiger partial charge in [-0.2, -0.15) is 11.8 Å². The number of nitrogens with zero attached hydrogens (tertiary/aromatic N) is 1. The average Bonchev–Trinajstić information content (AvgIpc) is 2.69. The van der Waals surface area contributed by atoms with Crippen LogP contribution in [0.4, 0.5) is 0 Å². The van der Waals surface area contributed by atoms with Crippen LogP contribution in [0.15, 0.2) is 30.3 Å². The number of hydrogen-bond donors (Lipinski definition) is 2. The molecule has 28 heavy (non-hydrogen) atoms. The Kier molecular flexibility index (Phi) is 11.8. The van der Waals surface area contributed by atoms with E-state index in [4.69, 9.17) is 4.74 Å². The second-order valence-electron chi connectivity index (χ2n) is 7.36. The Morgan fingerprint density at radius 3 is 2.46 bits per heavy atom. The molecule has 2 aliphatic heterocycles. The number of ether oxygens (including phenoxy) is 1. The lowest BCUT2D eigenvalue weighted by atomic mass is 9.79. The number of carbonyl (C=O) groups is 1. The van der Waals surface area contributed by atoms with Crippen LogP contribution in [0.1, 0.15) is 24.4 Å². The van der Waals surface area contributed by atoms with Gasteiger partial charge in [0.05, 0.1) is 6.61 Å². The quantitative estimate of drug-likeness (QED) is 0.669. The number of amides is 1. The Balaban J connectivity index is 0.00000196. The third kappa shape index (κ3) is 6.78. The number of rotatable bonds is 7. The molecule has 2 heterocycles. The van der Waals surface area contributed by atoms with E-state index >= 15 is 0 Å². The van der Waals surface area contributed by atoms with E-state index in [1.54, 1.807) is 7.11 Å². The van der Waals surface area contributed by atoms with Crippen molar-refractivity contribution in [1.82, 2.24) is 15.5 Å². The molecule has 160 valence electrons. The minimum Gasteiger partial charge on any atom is -0.384 e. The van der Waals surface area contributed by atoms with Crippen LogP contribution in [-0.4, -0.2) is 68.8 Å². The van der Waals surface area contributed by atoms with Gasteiger partial charge in [-0.3, -0.25) is 9.69 Å². The summed E-state index contributed by atoms with van der Waals surface area (Å²) < 4.78 is 5.49. The summed E-state index contributed by atoms with van der Waals surface area (Å²) in [4.78, 5) is 15.5. The van der Waals surface area contributed by atoms with Gasteiger partial charge in [-0.1, -0.05) is 30.3 Å². The molecule has 0 aromatic heterocycles. The van der Waals surface area contributed by atoms with Crippen LogP contribution in [0.5, 0.6) is 0 Å². The molecular weight excluding hydrogens is 417 g/mol. The van der Waals surface area contributed by atoms with Crippen LogP contribution in [0.2, 0.25) is 0 Å². The van der Waals surface area contributed by atoms with Crippen molar-refractivity contribution in [1.29, 1.82) is 0 Å². The van der Waals surface area contributed by atoms with Crippen LogP contribution < -0.4 is 10.6 Å². The minimum absolute atomic E-state index is 0. The number of carbonyl (C=O) groups excluding carboxylic acids is 1. The zero-order chi connectivity index (χ0) is 18.2. The Morgan fingerprint density at radius 2 is 1.86 bits per heavy atom. The molecular formula is C20H33Cl2N3O2S. The Hall–Kier alpha value is -0.500. The van der Waals surface area contributed by atoms with Crippen LogP contribution in [0.25, 0.3) is 0 Å². The molecule has 0 saturated carbocycles. The number of methoxy groups -OCH3 is 1. The minimum atomic E-state index is -0.196. The van der Waals surface area contributed by atoms with Crippen molar-refractivity contribution in [3.8, 4) is 0 Å². The van der Waals surface area contributed by atoms with Crippen molar-refractivity contribution in [2.45, 2.75) is 18.9 Å². The summed E-state index contributed by atoms with van der Waals surface area (Å²) in [5.74, 6) is 2.31. The van der Waals surface area contributed by atoms with E-state index in [-0.39, 0.29) is 42.2 Å². The zero-order valence-electron chi connectivity index (χ0n) is 16.5. The van der Waals surface area contributed by atoms with Gasteiger partial charge >= 0.3 is 0 Å². The van der Waals surface area contributed by atoms with Crippen molar-refractivity contribution >= 4 is 42.5 Å². The molecule has 5 nitrogen and oxygen atoms in total. The molecule has 3 rings (SSSR count). The third-order valence-electron chi connectivity index (χ3n) is 5.53. The van der Waals surface area contributed by atoms with Gasteiger partial charge in [0.1, 0.15) is 6.04 Å². The molecule has 1 amide bonds. The highest BCUT2D eigenvalue weighted by molar-refractivity contribution is 7.99. The van der Waals surface area contributed by atoms with Crippen molar-refractivity contribution in [3.63, 3.8) is 0 Å². The maximum absolute atomic E-state index is 13.2. The highest BCUT2D eigenvalue weighted by Crippen LogP contribution is 2.29. The van der Waals surface area contributed by atoms with E-state index in [1.165, 1.54) is 0 Å². The van der Waals surface area contributed by atoms with E-state index < -0.39 is 0 Å². The molecule has 2 saturated heterocycles. The van der Waals surface area contributed by atoms with Gasteiger partial charge in [0.25, 0.3) is 0 Å². The Morgan fingerprint density at radius 1 is 1.21 bits per heavy atom. The predicted molar refractivity (Wildman–Crippen MR) is 122 cm³/mol. The molecule has 0 radical (unpaired) electrons. The molecule has 1 aromatic rings. The van der Waals surface area contributed by atoms with Crippen molar-refractivity contribution in [3.05, 3.63) is 35.9 Å². The number of hydrogen-bond acceptors (Lipinski definition) is 5. The molecule has 1 atom stereocenters. The standard InChI is InChI=1S/C20H31N3O2S.2ClH/c1-25-16-20(7-9-21-10-8-20)15-22-19(24)18(17-5-3-2-4-6-17)23-11-13-26-14-12-23;;/h2-6,18,21H,7-16H2,1H3,(H,22,24);2*1H. The molecule has 2 N–H and O–H groups in total. The van der Waals surface area contributed by atoms with Gasteiger partial charge in [-0.25, -0.2) is 0 Å². The summed E-state index contributed by atoms with van der Waals surface area (Å²) in [5.41, 5.74) is 1.14. The van der Waals surface area contributed by atoms with E-state index in [1.807, 2.05) is 30.0 Å². The van der Waals surface area contributed by atoms with Gasteiger partial charge in [0, 0.05) is 43.7 Å². The zero-order valence-corrected chi connectivity index (χ0v) is 19.0. The fourth-order valence-electron chi connectivity index (χ4n) is 4.01. The second kappa shape index (κ2) is 12.9. The van der Waals surface area contributed by atoms with Gasteiger partial charge < -0.3 is 15.4 Å².